The highest BCUT2D eigenvalue weighted by atomic mass is 16.6. The third kappa shape index (κ3) is 4.62. The highest BCUT2D eigenvalue weighted by Gasteiger charge is 2.41. The number of carbonyl (C=O) groups excluding carboxylic acids is 1. The van der Waals surface area contributed by atoms with Crippen molar-refractivity contribution in [2.75, 3.05) is 5.32 Å². The summed E-state index contributed by atoms with van der Waals surface area (Å²) in [4.78, 5) is 27.5. The van der Waals surface area contributed by atoms with Crippen molar-refractivity contribution in [3.8, 4) is 39.6 Å². The number of imidazole rings is 2. The highest BCUT2D eigenvalue weighted by Crippen LogP contribution is 2.46. The van der Waals surface area contributed by atoms with Gasteiger partial charge in [-0.15, -0.1) is 0 Å². The molecule has 0 radical (unpaired) electrons. The zero-order valence-corrected chi connectivity index (χ0v) is 26.3. The molecule has 1 aliphatic carbocycles. The maximum atomic E-state index is 12.8. The van der Waals surface area contributed by atoms with Crippen LogP contribution in [0.5, 0.6) is 0 Å². The Labute approximate surface area is 270 Å². The molecule has 9 nitrogen and oxygen atoms in total. The molecule has 1 aliphatic heterocycles. The third-order valence-electron chi connectivity index (χ3n) is 8.98. The number of carbonyl (C=O) groups is 1. The van der Waals surface area contributed by atoms with E-state index in [1.165, 1.54) is 0 Å². The summed E-state index contributed by atoms with van der Waals surface area (Å²) < 4.78 is 9.89. The lowest BCUT2D eigenvalue weighted by Gasteiger charge is -2.43. The van der Waals surface area contributed by atoms with Crippen LogP contribution in [-0.4, -0.2) is 35.6 Å². The van der Waals surface area contributed by atoms with Gasteiger partial charge in [-0.2, -0.15) is 0 Å². The number of aryl methyl sites for hydroxylation is 1. The number of amides is 1. The van der Waals surface area contributed by atoms with E-state index in [-0.39, 0.29) is 8.95 Å². The van der Waals surface area contributed by atoms with Crippen molar-refractivity contribution in [3.63, 3.8) is 0 Å². The molecule has 5 heterocycles. The van der Waals surface area contributed by atoms with Gasteiger partial charge < -0.3 is 19.8 Å². The smallest absolute Gasteiger partial charge is 0.408 e. The molecule has 6 aromatic rings. The predicted octanol–water partition coefficient (Wildman–Crippen LogP) is 8.68. The number of para-hydroxylation sites is 1. The maximum Gasteiger partial charge on any atom is 0.408 e. The second-order valence-corrected chi connectivity index (χ2v) is 13.2. The number of hydrogen-bond acceptors (Lipinski definition) is 6. The second kappa shape index (κ2) is 10.3. The monoisotopic (exact) mass is 613 g/mol. The molecule has 2 N–H and O–H groups in total. The number of hydrogen-bond donors (Lipinski definition) is 2. The first-order chi connectivity index (χ1) is 22.2. The Morgan fingerprint density at radius 1 is 1.00 bits per heavy atom. The van der Waals surface area contributed by atoms with E-state index in [1.807, 2.05) is 55.8 Å². The minimum atomic E-state index is -0.564. The summed E-state index contributed by atoms with van der Waals surface area (Å²) in [5.74, 6) is 1.59. The van der Waals surface area contributed by atoms with Crippen molar-refractivity contribution in [3.05, 3.63) is 103 Å². The van der Waals surface area contributed by atoms with E-state index < -0.39 is 11.1 Å². The fourth-order valence-corrected chi connectivity index (χ4v) is 6.65. The first kappa shape index (κ1) is 28.1. The number of fused-ring (bicyclic) bond motifs is 6. The maximum absolute atomic E-state index is 12.8. The van der Waals surface area contributed by atoms with Gasteiger partial charge in [0.25, 0.3) is 0 Å². The Balaban J connectivity index is 0.00000201. The molecule has 46 heavy (non-hydrogen) atoms. The summed E-state index contributed by atoms with van der Waals surface area (Å²) in [5.41, 5.74) is 8.72. The van der Waals surface area contributed by atoms with Gasteiger partial charge in [0.15, 0.2) is 5.82 Å². The van der Waals surface area contributed by atoms with Gasteiger partial charge in [0.05, 0.1) is 28.3 Å². The highest BCUT2D eigenvalue weighted by molar-refractivity contribution is 5.91. The van der Waals surface area contributed by atoms with Crippen molar-refractivity contribution >= 4 is 23.2 Å². The quantitative estimate of drug-likeness (QED) is 0.206. The van der Waals surface area contributed by atoms with Crippen molar-refractivity contribution in [2.45, 2.75) is 58.1 Å². The molecule has 2 aliphatic rings. The summed E-state index contributed by atoms with van der Waals surface area (Å²) in [6, 6.07) is 22.9. The van der Waals surface area contributed by atoms with Crippen LogP contribution in [0.25, 0.3) is 45.2 Å². The van der Waals surface area contributed by atoms with Gasteiger partial charge in [-0.3, -0.25) is 4.57 Å². The van der Waals surface area contributed by atoms with Gasteiger partial charge in [-0.1, -0.05) is 36.4 Å². The number of nitrogens with one attached hydrogen (secondary N) is 2. The molecular weight excluding hydrogens is 574 g/mol. The Kier molecular flexibility index (Phi) is 6.29. The summed E-state index contributed by atoms with van der Waals surface area (Å²) in [6.07, 6.45) is 10.1. The molecule has 4 aromatic heterocycles. The summed E-state index contributed by atoms with van der Waals surface area (Å²) in [6.45, 7) is 7.76. The van der Waals surface area contributed by atoms with Gasteiger partial charge >= 0.3 is 6.09 Å². The van der Waals surface area contributed by atoms with Crippen LogP contribution in [0.1, 0.15) is 54.0 Å². The minimum Gasteiger partial charge on any atom is -0.444 e. The van der Waals surface area contributed by atoms with Crippen LogP contribution in [0.15, 0.2) is 91.5 Å². The van der Waals surface area contributed by atoms with E-state index in [2.05, 4.69) is 81.8 Å². The van der Waals surface area contributed by atoms with Crippen molar-refractivity contribution < 1.29 is 12.4 Å². The molecule has 8 rings (SSSR count). The number of ether oxygens (including phenoxy) is 1. The Bertz CT molecular complexity index is 2140. The van der Waals surface area contributed by atoms with E-state index in [1.54, 1.807) is 6.20 Å². The lowest BCUT2D eigenvalue weighted by Crippen LogP contribution is -2.52. The lowest BCUT2D eigenvalue weighted by molar-refractivity contribution is 0.0377. The number of alkyl carbamates (subject to hydrolysis) is 1. The first-order valence-corrected chi connectivity index (χ1v) is 15.7. The van der Waals surface area contributed by atoms with Gasteiger partial charge in [0.2, 0.25) is 0 Å². The Hall–Kier alpha value is -5.44. The number of benzene rings is 2. The SMILES string of the molecule is Cc1cc2nccn2cc1-c1nc2n(c1-c1ccc(C3(NC(=O)OC(C)(C)C)CCC3)cc1)-c1cccnc1Nc1ccccc1-2.[HH].[HH]. The molecule has 2 aromatic carbocycles. The van der Waals surface area contributed by atoms with Gasteiger partial charge in [-0.25, -0.2) is 19.7 Å². The molecule has 0 bridgehead atoms. The standard InChI is InChI=1S/C37H35N7O2.2H2/c1-23-21-30-38-19-20-43(30)22-27(23)31-32(24-12-14-25(15-13-24)37(16-8-17-37)42-35(45)46-36(2,3)4)44-29-11-7-18-39-33(29)40-28-10-6-5-9-26(28)34(44)41-31;;/h5-7,9-15,18-22H,8,16-17H2,1-4H3,(H,39,40)(H,42,45);2*1H. The number of nitrogens with zero attached hydrogens (tertiary/aromatic N) is 5. The van der Waals surface area contributed by atoms with Gasteiger partial charge in [0.1, 0.15) is 17.1 Å². The molecule has 1 fully saturated rings. The van der Waals surface area contributed by atoms with E-state index in [9.17, 15) is 4.79 Å². The Morgan fingerprint density at radius 2 is 1.80 bits per heavy atom. The molecule has 0 atom stereocenters. The largest absolute Gasteiger partial charge is 0.444 e. The second-order valence-electron chi connectivity index (χ2n) is 13.2. The van der Waals surface area contributed by atoms with E-state index in [0.29, 0.717) is 0 Å². The first-order valence-electron chi connectivity index (χ1n) is 15.7. The van der Waals surface area contributed by atoms with Crippen molar-refractivity contribution in [1.82, 2.24) is 29.2 Å². The van der Waals surface area contributed by atoms with Gasteiger partial charge in [-0.05, 0) is 88.4 Å². The van der Waals surface area contributed by atoms with Crippen LogP contribution < -0.4 is 10.6 Å². The summed E-state index contributed by atoms with van der Waals surface area (Å²) in [7, 11) is 0. The number of aromatic nitrogens is 5. The summed E-state index contributed by atoms with van der Waals surface area (Å²) >= 11 is 0. The van der Waals surface area contributed by atoms with E-state index >= 15 is 0 Å². The van der Waals surface area contributed by atoms with Crippen LogP contribution in [-0.2, 0) is 10.3 Å². The molecule has 0 unspecified atom stereocenters. The van der Waals surface area contributed by atoms with Crippen LogP contribution >= 0.6 is 0 Å². The Morgan fingerprint density at radius 3 is 2.57 bits per heavy atom. The van der Waals surface area contributed by atoms with Crippen molar-refractivity contribution in [1.29, 1.82) is 0 Å². The normalized spacial score (nSPS) is 14.7. The summed E-state index contributed by atoms with van der Waals surface area (Å²) in [5, 5.41) is 6.74. The fraction of sp³-hybridized carbons (Fsp3) is 0.243. The topological polar surface area (TPSA) is 98.4 Å². The number of anilines is 2. The average molecular weight is 614 g/mol. The lowest BCUT2D eigenvalue weighted by atomic mass is 9.71. The van der Waals surface area contributed by atoms with Crippen LogP contribution in [0.2, 0.25) is 0 Å². The minimum absolute atomic E-state index is 0. The van der Waals surface area contributed by atoms with Crippen LogP contribution in [0, 0.1) is 6.92 Å². The predicted molar refractivity (Wildman–Crippen MR) is 184 cm³/mol. The molecule has 234 valence electrons. The fourth-order valence-electron chi connectivity index (χ4n) is 6.65. The molecule has 0 saturated heterocycles. The van der Waals surface area contributed by atoms with Crippen molar-refractivity contribution in [2.24, 2.45) is 0 Å². The van der Waals surface area contributed by atoms with E-state index in [4.69, 9.17) is 14.7 Å². The zero-order chi connectivity index (χ0) is 31.6. The number of pyridine rings is 2. The van der Waals surface area contributed by atoms with E-state index in [0.717, 1.165) is 87.1 Å². The van der Waals surface area contributed by atoms with Crippen LogP contribution in [0.4, 0.5) is 16.3 Å². The molecular formula is C37H39N7O2. The van der Waals surface area contributed by atoms with Crippen LogP contribution in [0.3, 0.4) is 0 Å². The third-order valence-corrected chi connectivity index (χ3v) is 8.98. The number of rotatable bonds is 4. The molecule has 0 spiro atoms. The molecule has 1 amide bonds. The molecule has 1 saturated carbocycles. The average Bonchev–Trinajstić information content (AvgIpc) is 3.59. The zero-order valence-electron chi connectivity index (χ0n) is 26.3. The van der Waals surface area contributed by atoms with Gasteiger partial charge in [0, 0.05) is 44.3 Å². The molecule has 9 heteroatoms.